The fourth-order valence-corrected chi connectivity index (χ4v) is 1.28. The van der Waals surface area contributed by atoms with E-state index in [4.69, 9.17) is 5.73 Å². The van der Waals surface area contributed by atoms with Crippen LogP contribution in [0.3, 0.4) is 0 Å². The Kier molecular flexibility index (Phi) is 4.78. The van der Waals surface area contributed by atoms with Crippen LogP contribution in [0.25, 0.3) is 0 Å². The fraction of sp³-hybridized carbons (Fsp3) is 0.333. The van der Waals surface area contributed by atoms with Gasteiger partial charge in [-0.05, 0) is 26.8 Å². The van der Waals surface area contributed by atoms with E-state index in [2.05, 4.69) is 18.5 Å². The molecule has 0 saturated heterocycles. The highest BCUT2D eigenvalue weighted by atomic mass is 14.8. The summed E-state index contributed by atoms with van der Waals surface area (Å²) in [7, 11) is 1.86. The van der Waals surface area contributed by atoms with E-state index in [0.29, 0.717) is 5.70 Å². The first-order valence-electron chi connectivity index (χ1n) is 4.57. The molecular formula is C12H20N2. The second-order valence-corrected chi connectivity index (χ2v) is 3.55. The van der Waals surface area contributed by atoms with Crippen LogP contribution in [0.4, 0.5) is 0 Å². The van der Waals surface area contributed by atoms with E-state index in [1.54, 1.807) is 0 Å². The monoisotopic (exact) mass is 192 g/mol. The summed E-state index contributed by atoms with van der Waals surface area (Å²) in [5.74, 6) is 0. The first kappa shape index (κ1) is 12.6. The number of rotatable bonds is 4. The van der Waals surface area contributed by atoms with Gasteiger partial charge >= 0.3 is 0 Å². The zero-order chi connectivity index (χ0) is 11.3. The quantitative estimate of drug-likeness (QED) is 0.671. The van der Waals surface area contributed by atoms with Gasteiger partial charge in [-0.25, -0.2) is 0 Å². The van der Waals surface area contributed by atoms with Gasteiger partial charge in [0.25, 0.3) is 0 Å². The maximum atomic E-state index is 5.73. The maximum Gasteiger partial charge on any atom is 0.0433 e. The van der Waals surface area contributed by atoms with Gasteiger partial charge in [0, 0.05) is 24.0 Å². The molecule has 0 saturated carbocycles. The normalized spacial score (nSPS) is 10.7. The Bertz CT molecular complexity index is 302. The van der Waals surface area contributed by atoms with Gasteiger partial charge in [0.1, 0.15) is 0 Å². The van der Waals surface area contributed by atoms with E-state index in [0.717, 1.165) is 22.4 Å². The van der Waals surface area contributed by atoms with Crippen LogP contribution in [0, 0.1) is 0 Å². The zero-order valence-corrected chi connectivity index (χ0v) is 9.57. The van der Waals surface area contributed by atoms with Crippen molar-refractivity contribution in [1.29, 1.82) is 0 Å². The van der Waals surface area contributed by atoms with Gasteiger partial charge in [-0.15, -0.1) is 0 Å². The van der Waals surface area contributed by atoms with Crippen molar-refractivity contribution in [2.75, 3.05) is 7.05 Å². The number of hydrogen-bond donors (Lipinski definition) is 2. The summed E-state index contributed by atoms with van der Waals surface area (Å²) in [6, 6.07) is 0. The molecule has 14 heavy (non-hydrogen) atoms. The predicted octanol–water partition coefficient (Wildman–Crippen LogP) is 2.47. The smallest absolute Gasteiger partial charge is 0.0433 e. The molecule has 0 aromatic carbocycles. The van der Waals surface area contributed by atoms with E-state index in [1.165, 1.54) is 0 Å². The van der Waals surface area contributed by atoms with Crippen molar-refractivity contribution in [1.82, 2.24) is 5.32 Å². The van der Waals surface area contributed by atoms with Crippen LogP contribution >= 0.6 is 0 Å². The summed E-state index contributed by atoms with van der Waals surface area (Å²) in [5.41, 5.74) is 10.4. The van der Waals surface area contributed by atoms with Crippen LogP contribution in [-0.2, 0) is 0 Å². The third-order valence-corrected chi connectivity index (χ3v) is 1.75. The van der Waals surface area contributed by atoms with Crippen molar-refractivity contribution < 1.29 is 0 Å². The topological polar surface area (TPSA) is 38.0 Å². The molecule has 0 aromatic rings. The molecule has 78 valence electrons. The lowest BCUT2D eigenvalue weighted by atomic mass is 10.0. The van der Waals surface area contributed by atoms with Crippen molar-refractivity contribution in [3.63, 3.8) is 0 Å². The molecule has 0 aliphatic rings. The van der Waals surface area contributed by atoms with Crippen molar-refractivity contribution in [2.45, 2.75) is 20.8 Å². The van der Waals surface area contributed by atoms with E-state index in [9.17, 15) is 0 Å². The van der Waals surface area contributed by atoms with Crippen LogP contribution in [0.2, 0.25) is 0 Å². The lowest BCUT2D eigenvalue weighted by Gasteiger charge is -2.14. The third-order valence-electron chi connectivity index (χ3n) is 1.75. The van der Waals surface area contributed by atoms with Crippen LogP contribution in [0.1, 0.15) is 20.8 Å². The van der Waals surface area contributed by atoms with Crippen LogP contribution in [-0.4, -0.2) is 7.05 Å². The van der Waals surface area contributed by atoms with Crippen LogP contribution < -0.4 is 11.1 Å². The first-order chi connectivity index (χ1) is 6.40. The summed E-state index contributed by atoms with van der Waals surface area (Å²) in [4.78, 5) is 0. The van der Waals surface area contributed by atoms with E-state index >= 15 is 0 Å². The highest BCUT2D eigenvalue weighted by Gasteiger charge is 2.06. The average Bonchev–Trinajstić information content (AvgIpc) is 2.00. The molecule has 0 spiro atoms. The summed E-state index contributed by atoms with van der Waals surface area (Å²) in [6.45, 7) is 13.6. The predicted molar refractivity (Wildman–Crippen MR) is 63.7 cm³/mol. The number of hydrogen-bond acceptors (Lipinski definition) is 2. The molecule has 0 radical (unpaired) electrons. The molecule has 2 nitrogen and oxygen atoms in total. The summed E-state index contributed by atoms with van der Waals surface area (Å²) >= 11 is 0. The van der Waals surface area contributed by atoms with Crippen molar-refractivity contribution >= 4 is 0 Å². The largest absolute Gasteiger partial charge is 0.399 e. The Morgan fingerprint density at radius 1 is 1.21 bits per heavy atom. The van der Waals surface area contributed by atoms with Gasteiger partial charge in [-0.3, -0.25) is 0 Å². The first-order valence-corrected chi connectivity index (χ1v) is 4.57. The van der Waals surface area contributed by atoms with Crippen LogP contribution in [0.15, 0.2) is 47.3 Å². The second-order valence-electron chi connectivity index (χ2n) is 3.55. The van der Waals surface area contributed by atoms with E-state index < -0.39 is 0 Å². The van der Waals surface area contributed by atoms with Gasteiger partial charge in [-0.1, -0.05) is 24.3 Å². The average molecular weight is 192 g/mol. The molecule has 2 heteroatoms. The summed E-state index contributed by atoms with van der Waals surface area (Å²) in [6.07, 6.45) is 1.96. The molecule has 0 atom stereocenters. The number of nitrogens with one attached hydrogen (secondary N) is 1. The highest BCUT2D eigenvalue weighted by molar-refractivity contribution is 5.47. The second kappa shape index (κ2) is 5.32. The van der Waals surface area contributed by atoms with E-state index in [-0.39, 0.29) is 0 Å². The highest BCUT2D eigenvalue weighted by Crippen LogP contribution is 2.17. The Labute approximate surface area is 86.9 Å². The molecule has 0 aliphatic heterocycles. The maximum absolute atomic E-state index is 5.73. The Hall–Kier alpha value is -1.44. The zero-order valence-electron chi connectivity index (χ0n) is 9.57. The molecule has 0 amide bonds. The standard InChI is InChI=1S/C12H20N2/c1-8(2)7-11(14-6)12(9(3)4)10(5)13/h7,14H,1,5,13H2,2-4,6H3/b11-7+. The fourth-order valence-electron chi connectivity index (χ4n) is 1.28. The molecule has 0 bridgehead atoms. The molecule has 0 heterocycles. The molecule has 0 fully saturated rings. The van der Waals surface area contributed by atoms with Crippen LogP contribution in [0.5, 0.6) is 0 Å². The SMILES string of the molecule is C=C(C)/C=C(/NC)C(C(=C)N)=C(C)C. The van der Waals surface area contributed by atoms with Gasteiger partial charge in [0.05, 0.1) is 0 Å². The molecule has 0 rings (SSSR count). The van der Waals surface area contributed by atoms with Gasteiger partial charge in [0.2, 0.25) is 0 Å². The number of likely N-dealkylation sites (N-methyl/N-ethyl adjacent to an activating group) is 1. The summed E-state index contributed by atoms with van der Waals surface area (Å²) in [5, 5.41) is 3.10. The van der Waals surface area contributed by atoms with Gasteiger partial charge in [-0.2, -0.15) is 0 Å². The Morgan fingerprint density at radius 2 is 1.71 bits per heavy atom. The summed E-state index contributed by atoms with van der Waals surface area (Å²) < 4.78 is 0. The van der Waals surface area contributed by atoms with Gasteiger partial charge < -0.3 is 11.1 Å². The third kappa shape index (κ3) is 3.52. The van der Waals surface area contributed by atoms with Gasteiger partial charge in [0.15, 0.2) is 0 Å². The minimum atomic E-state index is 0.576. The van der Waals surface area contributed by atoms with Crippen molar-refractivity contribution in [2.24, 2.45) is 5.73 Å². The molecule has 0 unspecified atom stereocenters. The number of allylic oxidation sites excluding steroid dienone is 3. The molecule has 0 aromatic heterocycles. The van der Waals surface area contributed by atoms with E-state index in [1.807, 2.05) is 33.9 Å². The lowest BCUT2D eigenvalue weighted by molar-refractivity contribution is 0.983. The minimum absolute atomic E-state index is 0.576. The lowest BCUT2D eigenvalue weighted by Crippen LogP contribution is -2.14. The van der Waals surface area contributed by atoms with Crippen molar-refractivity contribution in [3.05, 3.63) is 47.3 Å². The molecule has 3 N–H and O–H groups in total. The Balaban J connectivity index is 5.30. The molecule has 0 aliphatic carbocycles. The minimum Gasteiger partial charge on any atom is -0.399 e. The Morgan fingerprint density at radius 3 is 1.93 bits per heavy atom. The molecular weight excluding hydrogens is 172 g/mol. The van der Waals surface area contributed by atoms with Crippen molar-refractivity contribution in [3.8, 4) is 0 Å². The number of nitrogens with two attached hydrogens (primary N) is 1.